The van der Waals surface area contributed by atoms with Crippen LogP contribution in [0.1, 0.15) is 25.7 Å². The molecule has 0 saturated heterocycles. The summed E-state index contributed by atoms with van der Waals surface area (Å²) < 4.78 is 0. The molecule has 1 fully saturated rings. The Kier molecular flexibility index (Phi) is 2.37. The van der Waals surface area contributed by atoms with Crippen molar-refractivity contribution in [2.24, 2.45) is 15.9 Å². The monoisotopic (exact) mass is 204 g/mol. The van der Waals surface area contributed by atoms with Crippen LogP contribution in [0.2, 0.25) is 0 Å². The van der Waals surface area contributed by atoms with Crippen molar-refractivity contribution in [1.82, 2.24) is 0 Å². The summed E-state index contributed by atoms with van der Waals surface area (Å²) in [5.41, 5.74) is 0.683. The predicted molar refractivity (Wildman–Crippen MR) is 52.3 cm³/mol. The van der Waals surface area contributed by atoms with Gasteiger partial charge in [0.1, 0.15) is 5.17 Å². The van der Waals surface area contributed by atoms with E-state index in [1.54, 1.807) is 0 Å². The Labute approximate surface area is 81.7 Å². The van der Waals surface area contributed by atoms with E-state index in [9.17, 15) is 0 Å². The van der Waals surface area contributed by atoms with Crippen LogP contribution in [-0.2, 0) is 0 Å². The highest BCUT2D eigenvalue weighted by Gasteiger charge is 2.28. The lowest BCUT2D eigenvalue weighted by atomic mass is 9.87. The van der Waals surface area contributed by atoms with E-state index in [1.165, 1.54) is 12.8 Å². The average molecular weight is 205 g/mol. The second kappa shape index (κ2) is 3.35. The number of nitrogens with zero attached hydrogens (tertiary/aromatic N) is 2. The molecule has 1 heterocycles. The molecule has 0 N–H and O–H groups in total. The molecule has 2 atom stereocenters. The minimum atomic E-state index is -0.471. The minimum absolute atomic E-state index is 0.287. The van der Waals surface area contributed by atoms with E-state index >= 15 is 0 Å². The van der Waals surface area contributed by atoms with Crippen LogP contribution >= 0.6 is 23.2 Å². The first-order valence-electron chi connectivity index (χ1n) is 4.21. The molecule has 0 bridgehead atoms. The zero-order valence-corrected chi connectivity index (χ0v) is 8.15. The molecular weight excluding hydrogens is 195 g/mol. The molecule has 0 aromatic rings. The first kappa shape index (κ1) is 8.52. The smallest absolute Gasteiger partial charge is 0.215 e. The highest BCUT2D eigenvalue weighted by Crippen LogP contribution is 2.29. The molecule has 0 radical (unpaired) electrons. The van der Waals surface area contributed by atoms with Gasteiger partial charge < -0.3 is 0 Å². The van der Waals surface area contributed by atoms with Crippen molar-refractivity contribution in [2.75, 3.05) is 0 Å². The number of alkyl halides is 1. The summed E-state index contributed by atoms with van der Waals surface area (Å²) >= 11 is 11.7. The molecule has 1 saturated carbocycles. The van der Waals surface area contributed by atoms with E-state index in [0.717, 1.165) is 18.6 Å². The van der Waals surface area contributed by atoms with Crippen molar-refractivity contribution in [1.29, 1.82) is 0 Å². The topological polar surface area (TPSA) is 24.7 Å². The summed E-state index contributed by atoms with van der Waals surface area (Å²) in [6.45, 7) is 0. The quantitative estimate of drug-likeness (QED) is 0.429. The van der Waals surface area contributed by atoms with E-state index < -0.39 is 5.62 Å². The maximum atomic E-state index is 5.97. The number of hydrogen-bond acceptors (Lipinski definition) is 2. The molecular formula is C8H10Cl2N2. The highest BCUT2D eigenvalue weighted by atomic mass is 35.5. The van der Waals surface area contributed by atoms with E-state index in [2.05, 4.69) is 9.98 Å². The van der Waals surface area contributed by atoms with Gasteiger partial charge in [-0.2, -0.15) is 0 Å². The maximum Gasteiger partial charge on any atom is 0.215 e. The molecule has 2 rings (SSSR count). The van der Waals surface area contributed by atoms with Crippen molar-refractivity contribution in [3.8, 4) is 0 Å². The lowest BCUT2D eigenvalue weighted by Crippen LogP contribution is -2.29. The van der Waals surface area contributed by atoms with Crippen LogP contribution < -0.4 is 0 Å². The van der Waals surface area contributed by atoms with E-state index in [1.807, 2.05) is 0 Å². The lowest BCUT2D eigenvalue weighted by molar-refractivity contribution is 0.602. The molecule has 2 aliphatic rings. The Bertz CT molecular complexity index is 247. The van der Waals surface area contributed by atoms with E-state index in [0.29, 0.717) is 5.17 Å². The SMILES string of the molecule is ClC1=NC(Cl)N=C2CCCCC12. The maximum absolute atomic E-state index is 5.97. The van der Waals surface area contributed by atoms with Crippen LogP contribution in [0.3, 0.4) is 0 Å². The first-order valence-corrected chi connectivity index (χ1v) is 5.02. The van der Waals surface area contributed by atoms with Gasteiger partial charge in [-0.3, -0.25) is 4.99 Å². The third kappa shape index (κ3) is 1.50. The minimum Gasteiger partial charge on any atom is -0.251 e. The fraction of sp³-hybridized carbons (Fsp3) is 0.750. The molecule has 4 heteroatoms. The fourth-order valence-electron chi connectivity index (χ4n) is 1.76. The van der Waals surface area contributed by atoms with Crippen LogP contribution in [-0.4, -0.2) is 16.5 Å². The van der Waals surface area contributed by atoms with Crippen LogP contribution in [0, 0.1) is 5.92 Å². The normalized spacial score (nSPS) is 35.2. The molecule has 12 heavy (non-hydrogen) atoms. The molecule has 0 spiro atoms. The summed E-state index contributed by atoms with van der Waals surface area (Å²) in [6, 6.07) is 0. The van der Waals surface area contributed by atoms with Gasteiger partial charge in [-0.1, -0.05) is 29.6 Å². The Morgan fingerprint density at radius 1 is 1.25 bits per heavy atom. The van der Waals surface area contributed by atoms with Gasteiger partial charge in [-0.25, -0.2) is 4.99 Å². The van der Waals surface area contributed by atoms with Crippen molar-refractivity contribution < 1.29 is 0 Å². The zero-order chi connectivity index (χ0) is 8.55. The largest absolute Gasteiger partial charge is 0.251 e. The average Bonchev–Trinajstić information content (AvgIpc) is 2.04. The Morgan fingerprint density at radius 2 is 2.08 bits per heavy atom. The molecule has 1 aliphatic carbocycles. The third-order valence-corrected chi connectivity index (χ3v) is 2.92. The van der Waals surface area contributed by atoms with Crippen molar-refractivity contribution in [3.05, 3.63) is 0 Å². The predicted octanol–water partition coefficient (Wildman–Crippen LogP) is 2.79. The number of aliphatic imine (C=N–C) groups is 2. The summed E-state index contributed by atoms with van der Waals surface area (Å²) in [4.78, 5) is 8.29. The van der Waals surface area contributed by atoms with Crippen molar-refractivity contribution in [3.63, 3.8) is 0 Å². The highest BCUT2D eigenvalue weighted by molar-refractivity contribution is 6.68. The molecule has 1 aliphatic heterocycles. The third-order valence-electron chi connectivity index (χ3n) is 2.37. The van der Waals surface area contributed by atoms with Gasteiger partial charge in [0, 0.05) is 5.71 Å². The number of halogens is 2. The van der Waals surface area contributed by atoms with Gasteiger partial charge in [0.15, 0.2) is 0 Å². The molecule has 2 unspecified atom stereocenters. The summed E-state index contributed by atoms with van der Waals surface area (Å²) in [5, 5.41) is 0.653. The standard InChI is InChI=1S/C8H10Cl2N2/c9-7-5-3-1-2-4-6(5)11-8(10)12-7/h5,8H,1-4H2. The van der Waals surface area contributed by atoms with Crippen LogP contribution in [0.15, 0.2) is 9.98 Å². The van der Waals surface area contributed by atoms with E-state index in [-0.39, 0.29) is 5.92 Å². The second-order valence-electron chi connectivity index (χ2n) is 3.18. The summed E-state index contributed by atoms with van der Waals surface area (Å²) in [7, 11) is 0. The molecule has 0 aromatic carbocycles. The number of hydrogen-bond donors (Lipinski definition) is 0. The Morgan fingerprint density at radius 3 is 2.92 bits per heavy atom. The molecule has 0 aromatic heterocycles. The summed E-state index contributed by atoms with van der Waals surface area (Å²) in [5.74, 6) is 0.287. The Balaban J connectivity index is 2.22. The summed E-state index contributed by atoms with van der Waals surface area (Å²) in [6.07, 6.45) is 4.57. The molecule has 2 nitrogen and oxygen atoms in total. The van der Waals surface area contributed by atoms with E-state index in [4.69, 9.17) is 23.2 Å². The molecule has 66 valence electrons. The van der Waals surface area contributed by atoms with Crippen molar-refractivity contribution >= 4 is 34.1 Å². The van der Waals surface area contributed by atoms with Crippen molar-refractivity contribution in [2.45, 2.75) is 31.3 Å². The van der Waals surface area contributed by atoms with Gasteiger partial charge in [0.2, 0.25) is 5.62 Å². The van der Waals surface area contributed by atoms with Gasteiger partial charge in [0.05, 0.1) is 5.92 Å². The first-order chi connectivity index (χ1) is 5.77. The van der Waals surface area contributed by atoms with Crippen LogP contribution in [0.25, 0.3) is 0 Å². The van der Waals surface area contributed by atoms with Gasteiger partial charge in [0.25, 0.3) is 0 Å². The van der Waals surface area contributed by atoms with Gasteiger partial charge >= 0.3 is 0 Å². The van der Waals surface area contributed by atoms with Gasteiger partial charge in [-0.15, -0.1) is 0 Å². The fourth-order valence-corrected chi connectivity index (χ4v) is 2.37. The number of rotatable bonds is 0. The van der Waals surface area contributed by atoms with Gasteiger partial charge in [-0.05, 0) is 19.3 Å². The Hall–Kier alpha value is -0.0800. The zero-order valence-electron chi connectivity index (χ0n) is 6.63. The number of fused-ring (bicyclic) bond motifs is 1. The second-order valence-corrected chi connectivity index (χ2v) is 3.96. The molecule has 0 amide bonds. The lowest BCUT2D eigenvalue weighted by Gasteiger charge is -2.26. The van der Waals surface area contributed by atoms with Crippen LogP contribution in [0.4, 0.5) is 0 Å². The van der Waals surface area contributed by atoms with Crippen LogP contribution in [0.5, 0.6) is 0 Å².